The van der Waals surface area contributed by atoms with Gasteiger partial charge < -0.3 is 9.51 Å². The molecule has 0 amide bonds. The molecular formula is C43H45IrN2O2-. The van der Waals surface area contributed by atoms with Crippen LogP contribution in [0.5, 0.6) is 0 Å². The maximum atomic E-state index is 11.7. The Bertz CT molecular complexity index is 2250. The topological polar surface area (TPSA) is 54.6 Å². The largest absolute Gasteiger partial charge is 0.512 e. The van der Waals surface area contributed by atoms with E-state index in [9.17, 15) is 9.90 Å². The quantitative estimate of drug-likeness (QED) is 0.0547. The molecule has 1 N–H and O–H groups in total. The predicted octanol–water partition coefficient (Wildman–Crippen LogP) is 11.6. The summed E-state index contributed by atoms with van der Waals surface area (Å²) in [6.07, 6.45) is 4.91. The second kappa shape index (κ2) is 14.6. The minimum atomic E-state index is 0. The molecule has 0 aliphatic heterocycles. The first-order valence-corrected chi connectivity index (χ1v) is 17.1. The zero-order valence-electron chi connectivity index (χ0n) is 29.1. The fourth-order valence-electron chi connectivity index (χ4n) is 7.27. The summed E-state index contributed by atoms with van der Waals surface area (Å²) in [6.45, 7) is 14.5. The van der Waals surface area contributed by atoms with Gasteiger partial charge in [-0.2, -0.15) is 0 Å². The number of aromatic nitrogens is 2. The smallest absolute Gasteiger partial charge is 0.162 e. The molecule has 7 aromatic rings. The first-order chi connectivity index (χ1) is 22.7. The average Bonchev–Trinajstić information content (AvgIpc) is 3.38. The zero-order valence-corrected chi connectivity index (χ0v) is 31.5. The molecule has 1 radical (unpaired) electrons. The number of aliphatic hydroxyl groups is 1. The van der Waals surface area contributed by atoms with Crippen molar-refractivity contribution in [1.29, 1.82) is 0 Å². The van der Waals surface area contributed by atoms with Gasteiger partial charge in [0, 0.05) is 65.1 Å². The Morgan fingerprint density at radius 2 is 1.42 bits per heavy atom. The fourth-order valence-corrected chi connectivity index (χ4v) is 7.27. The third kappa shape index (κ3) is 6.39. The number of ketones is 1. The summed E-state index contributed by atoms with van der Waals surface area (Å²) in [5.41, 5.74) is 10.4. The van der Waals surface area contributed by atoms with Crippen molar-refractivity contribution >= 4 is 54.8 Å². The van der Waals surface area contributed by atoms with Gasteiger partial charge in [-0.3, -0.25) is 9.78 Å². The number of benzene rings is 4. The maximum absolute atomic E-state index is 11.7. The average molecular weight is 814 g/mol. The van der Waals surface area contributed by atoms with E-state index in [0.717, 1.165) is 48.0 Å². The van der Waals surface area contributed by atoms with E-state index >= 15 is 0 Å². The van der Waals surface area contributed by atoms with Gasteiger partial charge in [-0.1, -0.05) is 89.6 Å². The summed E-state index contributed by atoms with van der Waals surface area (Å²) in [4.78, 5) is 16.8. The number of para-hydroxylation sites is 1. The van der Waals surface area contributed by atoms with Crippen molar-refractivity contribution in [2.75, 3.05) is 0 Å². The maximum Gasteiger partial charge on any atom is 0.162 e. The fraction of sp³-hybridized carbons (Fsp3) is 0.302. The van der Waals surface area contributed by atoms with E-state index in [-0.39, 0.29) is 43.5 Å². The van der Waals surface area contributed by atoms with E-state index < -0.39 is 0 Å². The molecule has 4 aromatic carbocycles. The van der Waals surface area contributed by atoms with Crippen molar-refractivity contribution in [2.24, 2.45) is 11.8 Å². The Labute approximate surface area is 297 Å². The number of pyridine rings is 2. The second-order valence-corrected chi connectivity index (χ2v) is 13.0. The number of nitrogens with zero attached hydrogens (tertiary/aromatic N) is 2. The van der Waals surface area contributed by atoms with Crippen LogP contribution < -0.4 is 0 Å². The Morgan fingerprint density at radius 1 is 0.771 bits per heavy atom. The van der Waals surface area contributed by atoms with E-state index in [4.69, 9.17) is 4.98 Å². The molecule has 0 atom stereocenters. The van der Waals surface area contributed by atoms with E-state index in [1.165, 1.54) is 60.7 Å². The molecule has 0 aliphatic rings. The second-order valence-electron chi connectivity index (χ2n) is 13.0. The molecular weight excluding hydrogens is 769 g/mol. The van der Waals surface area contributed by atoms with Crippen LogP contribution in [-0.4, -0.2) is 20.3 Å². The van der Waals surface area contributed by atoms with Gasteiger partial charge in [0.1, 0.15) is 0 Å². The number of carbonyl (C=O) groups is 1. The number of hydrogen-bond acceptors (Lipinski definition) is 3. The monoisotopic (exact) mass is 814 g/mol. The number of hydrogen-bond donors (Lipinski definition) is 1. The van der Waals surface area contributed by atoms with Crippen LogP contribution >= 0.6 is 0 Å². The molecule has 7 rings (SSSR count). The Hall–Kier alpha value is -4.05. The van der Waals surface area contributed by atoms with E-state index in [1.807, 2.05) is 27.7 Å². The summed E-state index contributed by atoms with van der Waals surface area (Å²) in [5.74, 6) is 0.547. The summed E-state index contributed by atoms with van der Waals surface area (Å²) in [7, 11) is 0. The summed E-state index contributed by atoms with van der Waals surface area (Å²) in [5, 5.41) is 16.1. The summed E-state index contributed by atoms with van der Waals surface area (Å²) < 4.78 is 2.45. The van der Waals surface area contributed by atoms with Crippen molar-refractivity contribution in [3.8, 4) is 11.3 Å². The number of allylic oxidation sites excluding steroid dienone is 2. The predicted molar refractivity (Wildman–Crippen MR) is 199 cm³/mol. The first-order valence-electron chi connectivity index (χ1n) is 17.1. The van der Waals surface area contributed by atoms with Crippen molar-refractivity contribution in [3.05, 3.63) is 107 Å². The standard InChI is InChI=1S/C30H21N2.C13H24O2.Ir/c1-17-10-11-27-24(15-17)23-8-4-7-22-21-6-5-9-25-29(21)28(32(27)30(22)23)16-26(31-25)20-13-18(2)12-19(3)14-20;1-5-10(6-2)12(14)9-13(15)11(7-3)8-4;/h4-13,15-16H,1-3H3;9-11,14H,5-8H2,1-4H3;/q-1;;/b;12-9-;. The minimum absolute atomic E-state index is 0. The van der Waals surface area contributed by atoms with Crippen LogP contribution in [0.15, 0.2) is 84.6 Å². The van der Waals surface area contributed by atoms with Crippen molar-refractivity contribution < 1.29 is 30.0 Å². The number of aryl methyl sites for hydroxylation is 3. The first kappa shape index (κ1) is 35.3. The molecule has 48 heavy (non-hydrogen) atoms. The minimum Gasteiger partial charge on any atom is -0.512 e. The molecule has 249 valence electrons. The molecule has 0 spiro atoms. The van der Waals surface area contributed by atoms with Crippen LogP contribution in [0.3, 0.4) is 0 Å². The van der Waals surface area contributed by atoms with Crippen LogP contribution in [0.1, 0.15) is 70.1 Å². The molecule has 3 aromatic heterocycles. The van der Waals surface area contributed by atoms with Crippen LogP contribution in [0.4, 0.5) is 0 Å². The van der Waals surface area contributed by atoms with Gasteiger partial charge in [0.2, 0.25) is 0 Å². The van der Waals surface area contributed by atoms with E-state index in [0.29, 0.717) is 0 Å². The third-order valence-electron chi connectivity index (χ3n) is 9.79. The van der Waals surface area contributed by atoms with Crippen molar-refractivity contribution in [3.63, 3.8) is 0 Å². The molecule has 0 unspecified atom stereocenters. The van der Waals surface area contributed by atoms with Gasteiger partial charge in [0.25, 0.3) is 0 Å². The SMILES string of the molecule is CCC(CC)C(=O)/C=C(\O)C(CC)CC.Cc1[c-]c(-c2cc3c4c(cccc4c4cccc5c6cc(C)ccc6n3c45)n2)cc(C)c1.[Ir]. The third-order valence-corrected chi connectivity index (χ3v) is 9.79. The van der Waals surface area contributed by atoms with Crippen LogP contribution in [0.25, 0.3) is 60.3 Å². The molecule has 3 heterocycles. The Kier molecular flexibility index (Phi) is 10.7. The van der Waals surface area contributed by atoms with Crippen LogP contribution in [0, 0.1) is 38.7 Å². The van der Waals surface area contributed by atoms with E-state index in [1.54, 1.807) is 0 Å². The van der Waals surface area contributed by atoms with Crippen molar-refractivity contribution in [1.82, 2.24) is 9.38 Å². The van der Waals surface area contributed by atoms with Crippen LogP contribution in [-0.2, 0) is 24.9 Å². The molecule has 0 fully saturated rings. The Morgan fingerprint density at radius 3 is 2.08 bits per heavy atom. The van der Waals surface area contributed by atoms with Gasteiger partial charge in [-0.05, 0) is 61.9 Å². The number of fused-ring (bicyclic) bond motifs is 5. The molecule has 0 bridgehead atoms. The molecule has 4 nitrogen and oxygen atoms in total. The molecule has 5 heteroatoms. The van der Waals surface area contributed by atoms with Gasteiger partial charge >= 0.3 is 0 Å². The summed E-state index contributed by atoms with van der Waals surface area (Å²) in [6, 6.07) is 30.1. The number of carbonyl (C=O) groups excluding carboxylic acids is 1. The van der Waals surface area contributed by atoms with Gasteiger partial charge in [-0.25, -0.2) is 0 Å². The van der Waals surface area contributed by atoms with Gasteiger partial charge in [0.05, 0.1) is 22.3 Å². The zero-order chi connectivity index (χ0) is 33.4. The number of rotatable bonds is 8. The van der Waals surface area contributed by atoms with E-state index in [2.05, 4.69) is 104 Å². The van der Waals surface area contributed by atoms with Crippen molar-refractivity contribution in [2.45, 2.75) is 74.1 Å². The van der Waals surface area contributed by atoms with Gasteiger partial charge in [0.15, 0.2) is 5.78 Å². The molecule has 0 aliphatic carbocycles. The summed E-state index contributed by atoms with van der Waals surface area (Å²) >= 11 is 0. The normalized spacial score (nSPS) is 12.1. The molecule has 0 saturated carbocycles. The van der Waals surface area contributed by atoms with Crippen LogP contribution in [0.2, 0.25) is 0 Å². The number of aliphatic hydroxyl groups excluding tert-OH is 1. The molecule has 0 saturated heterocycles. The van der Waals surface area contributed by atoms with Gasteiger partial charge in [-0.15, -0.1) is 34.9 Å². The Balaban J connectivity index is 0.000000243.